The van der Waals surface area contributed by atoms with E-state index in [1.54, 1.807) is 6.07 Å². The van der Waals surface area contributed by atoms with E-state index in [1.165, 1.54) is 5.56 Å². The van der Waals surface area contributed by atoms with Gasteiger partial charge in [0.1, 0.15) is 5.75 Å². The minimum absolute atomic E-state index is 0.381. The number of phenols is 1. The zero-order valence-electron chi connectivity index (χ0n) is 7.79. The highest BCUT2D eigenvalue weighted by molar-refractivity contribution is 5.34. The molecule has 2 nitrogen and oxygen atoms in total. The van der Waals surface area contributed by atoms with Gasteiger partial charge in [-0.05, 0) is 37.0 Å². The topological polar surface area (TPSA) is 32.8 Å². The fourth-order valence-corrected chi connectivity index (χ4v) is 1.44. The quantitative estimate of drug-likeness (QED) is 0.718. The van der Waals surface area contributed by atoms with Gasteiger partial charge in [0, 0.05) is 0 Å². The summed E-state index contributed by atoms with van der Waals surface area (Å²) >= 11 is 0. The third kappa shape index (κ3) is 2.22. The van der Waals surface area contributed by atoms with E-state index in [1.807, 2.05) is 19.1 Å². The average molecular weight is 178 g/mol. The molecule has 1 aliphatic rings. The Bertz CT molecular complexity index is 303. The van der Waals surface area contributed by atoms with Crippen LogP contribution >= 0.6 is 0 Å². The van der Waals surface area contributed by atoms with Gasteiger partial charge >= 0.3 is 0 Å². The van der Waals surface area contributed by atoms with Crippen LogP contribution in [0.1, 0.15) is 17.5 Å². The summed E-state index contributed by atoms with van der Waals surface area (Å²) in [4.78, 5) is 0. The monoisotopic (exact) mass is 178 g/mol. The van der Waals surface area contributed by atoms with Crippen molar-refractivity contribution in [3.05, 3.63) is 29.3 Å². The second-order valence-electron chi connectivity index (χ2n) is 3.61. The lowest BCUT2D eigenvalue weighted by atomic mass is 10.1. The maximum atomic E-state index is 9.31. The first-order valence-electron chi connectivity index (χ1n) is 4.66. The van der Waals surface area contributed by atoms with Crippen LogP contribution in [0, 0.1) is 6.92 Å². The zero-order chi connectivity index (χ0) is 9.26. The molecule has 1 saturated heterocycles. The maximum Gasteiger partial charge on any atom is 0.118 e. The number of ether oxygens (including phenoxy) is 1. The summed E-state index contributed by atoms with van der Waals surface area (Å²) in [6, 6.07) is 5.78. The molecule has 1 N–H and O–H groups in total. The number of benzene rings is 1. The molecule has 0 radical (unpaired) electrons. The molecule has 0 aliphatic carbocycles. The largest absolute Gasteiger partial charge is 0.508 e. The molecule has 2 heteroatoms. The van der Waals surface area contributed by atoms with Crippen LogP contribution in [0.5, 0.6) is 5.75 Å². The van der Waals surface area contributed by atoms with E-state index in [2.05, 4.69) is 0 Å². The summed E-state index contributed by atoms with van der Waals surface area (Å²) in [6.45, 7) is 2.85. The highest BCUT2D eigenvalue weighted by atomic mass is 16.6. The maximum absolute atomic E-state index is 9.31. The van der Waals surface area contributed by atoms with Crippen LogP contribution in [0.15, 0.2) is 18.2 Å². The van der Waals surface area contributed by atoms with Gasteiger partial charge in [0.25, 0.3) is 0 Å². The van der Waals surface area contributed by atoms with E-state index in [0.717, 1.165) is 25.0 Å². The van der Waals surface area contributed by atoms with E-state index in [9.17, 15) is 5.11 Å². The lowest BCUT2D eigenvalue weighted by molar-refractivity contribution is 0.396. The predicted molar refractivity (Wildman–Crippen MR) is 50.9 cm³/mol. The molecule has 1 fully saturated rings. The first kappa shape index (κ1) is 8.57. The van der Waals surface area contributed by atoms with Gasteiger partial charge in [0.05, 0.1) is 12.7 Å². The Morgan fingerprint density at radius 3 is 2.92 bits per heavy atom. The van der Waals surface area contributed by atoms with E-state index >= 15 is 0 Å². The van der Waals surface area contributed by atoms with Crippen molar-refractivity contribution < 1.29 is 9.84 Å². The van der Waals surface area contributed by atoms with Crippen LogP contribution in [-0.2, 0) is 11.2 Å². The van der Waals surface area contributed by atoms with Crippen molar-refractivity contribution in [2.45, 2.75) is 25.9 Å². The van der Waals surface area contributed by atoms with Gasteiger partial charge in [0.2, 0.25) is 0 Å². The van der Waals surface area contributed by atoms with Gasteiger partial charge in [-0.3, -0.25) is 0 Å². The van der Waals surface area contributed by atoms with Crippen LogP contribution in [0.4, 0.5) is 0 Å². The fraction of sp³-hybridized carbons (Fsp3) is 0.455. The van der Waals surface area contributed by atoms with Gasteiger partial charge in [0.15, 0.2) is 0 Å². The van der Waals surface area contributed by atoms with Gasteiger partial charge in [-0.1, -0.05) is 12.1 Å². The van der Waals surface area contributed by atoms with E-state index in [4.69, 9.17) is 4.74 Å². The first-order valence-corrected chi connectivity index (χ1v) is 4.66. The van der Waals surface area contributed by atoms with Crippen molar-refractivity contribution in [3.8, 4) is 5.75 Å². The average Bonchev–Trinajstić information content (AvgIpc) is 2.91. The molecule has 2 rings (SSSR count). The number of hydrogen-bond acceptors (Lipinski definition) is 2. The van der Waals surface area contributed by atoms with Crippen molar-refractivity contribution in [2.24, 2.45) is 0 Å². The molecule has 1 aromatic carbocycles. The number of phenolic OH excluding ortho intramolecular Hbond substituents is 1. The van der Waals surface area contributed by atoms with Crippen LogP contribution in [0.2, 0.25) is 0 Å². The van der Waals surface area contributed by atoms with Crippen molar-refractivity contribution in [2.75, 3.05) is 6.61 Å². The number of aryl methyl sites for hydroxylation is 2. The summed E-state index contributed by atoms with van der Waals surface area (Å²) in [5.74, 6) is 0.381. The first-order chi connectivity index (χ1) is 6.25. The summed E-state index contributed by atoms with van der Waals surface area (Å²) < 4.78 is 5.13. The van der Waals surface area contributed by atoms with E-state index in [-0.39, 0.29) is 0 Å². The second-order valence-corrected chi connectivity index (χ2v) is 3.61. The molecule has 1 atom stereocenters. The highest BCUT2D eigenvalue weighted by Crippen LogP contribution is 2.20. The molecule has 0 spiro atoms. The molecule has 13 heavy (non-hydrogen) atoms. The van der Waals surface area contributed by atoms with Gasteiger partial charge < -0.3 is 9.84 Å². The fourth-order valence-electron chi connectivity index (χ4n) is 1.44. The normalized spacial score (nSPS) is 20.2. The number of hydrogen-bond donors (Lipinski definition) is 1. The molecule has 1 aromatic rings. The standard InChI is InChI=1S/C11H14O2/c1-8-6-9(3-5-11(8)12)2-4-10-7-13-10/h3,5-6,10,12H,2,4,7H2,1H3. The number of epoxide rings is 1. The summed E-state index contributed by atoms with van der Waals surface area (Å²) in [6.07, 6.45) is 2.64. The van der Waals surface area contributed by atoms with E-state index < -0.39 is 0 Å². The van der Waals surface area contributed by atoms with Gasteiger partial charge in [-0.15, -0.1) is 0 Å². The second kappa shape index (κ2) is 3.38. The minimum Gasteiger partial charge on any atom is -0.508 e. The van der Waals surface area contributed by atoms with E-state index in [0.29, 0.717) is 11.9 Å². The molecular weight excluding hydrogens is 164 g/mol. The third-order valence-electron chi connectivity index (χ3n) is 2.42. The molecule has 0 aromatic heterocycles. The van der Waals surface area contributed by atoms with Crippen molar-refractivity contribution >= 4 is 0 Å². The lowest BCUT2D eigenvalue weighted by Gasteiger charge is -2.02. The number of rotatable bonds is 3. The number of aromatic hydroxyl groups is 1. The van der Waals surface area contributed by atoms with Crippen molar-refractivity contribution in [1.29, 1.82) is 0 Å². The SMILES string of the molecule is Cc1cc(CCC2CO2)ccc1O. The van der Waals surface area contributed by atoms with Crippen LogP contribution < -0.4 is 0 Å². The molecule has 0 bridgehead atoms. The van der Waals surface area contributed by atoms with Crippen LogP contribution in [0.25, 0.3) is 0 Å². The van der Waals surface area contributed by atoms with Gasteiger partial charge in [-0.25, -0.2) is 0 Å². The zero-order valence-corrected chi connectivity index (χ0v) is 7.79. The molecule has 70 valence electrons. The lowest BCUT2D eigenvalue weighted by Crippen LogP contribution is -1.91. The highest BCUT2D eigenvalue weighted by Gasteiger charge is 2.21. The molecule has 1 heterocycles. The summed E-state index contributed by atoms with van der Waals surface area (Å²) in [5, 5.41) is 9.31. The minimum atomic E-state index is 0.381. The Hall–Kier alpha value is -1.02. The molecule has 0 saturated carbocycles. The Morgan fingerprint density at radius 2 is 2.31 bits per heavy atom. The smallest absolute Gasteiger partial charge is 0.118 e. The third-order valence-corrected chi connectivity index (χ3v) is 2.42. The molecule has 1 unspecified atom stereocenters. The summed E-state index contributed by atoms with van der Waals surface area (Å²) in [7, 11) is 0. The summed E-state index contributed by atoms with van der Waals surface area (Å²) in [5.41, 5.74) is 2.24. The van der Waals surface area contributed by atoms with Crippen molar-refractivity contribution in [1.82, 2.24) is 0 Å². The molecule has 0 amide bonds. The predicted octanol–water partition coefficient (Wildman–Crippen LogP) is 2.03. The Labute approximate surface area is 78.2 Å². The van der Waals surface area contributed by atoms with Crippen LogP contribution in [0.3, 0.4) is 0 Å². The Balaban J connectivity index is 1.98. The Morgan fingerprint density at radius 1 is 1.54 bits per heavy atom. The van der Waals surface area contributed by atoms with Crippen LogP contribution in [-0.4, -0.2) is 17.8 Å². The molecule has 1 aliphatic heterocycles. The Kier molecular flexibility index (Phi) is 2.23. The molecular formula is C11H14O2. The van der Waals surface area contributed by atoms with Gasteiger partial charge in [-0.2, -0.15) is 0 Å². The van der Waals surface area contributed by atoms with Crippen molar-refractivity contribution in [3.63, 3.8) is 0 Å².